The molecule has 1 atom stereocenters. The van der Waals surface area contributed by atoms with Crippen LogP contribution < -0.4 is 5.32 Å². The first-order valence-corrected chi connectivity index (χ1v) is 7.05. The van der Waals surface area contributed by atoms with Crippen molar-refractivity contribution < 1.29 is 0 Å². The van der Waals surface area contributed by atoms with Gasteiger partial charge in [-0.05, 0) is 48.8 Å². The molecule has 1 N–H and O–H groups in total. The summed E-state index contributed by atoms with van der Waals surface area (Å²) in [7, 11) is 0. The van der Waals surface area contributed by atoms with Gasteiger partial charge in [0.15, 0.2) is 0 Å². The molecule has 0 fully saturated rings. The highest BCUT2D eigenvalue weighted by atomic mass is 79.9. The van der Waals surface area contributed by atoms with Gasteiger partial charge in [-0.1, -0.05) is 0 Å². The Kier molecular flexibility index (Phi) is 3.79. The summed E-state index contributed by atoms with van der Waals surface area (Å²) in [6, 6.07) is 4.24. The van der Waals surface area contributed by atoms with Crippen molar-refractivity contribution in [1.82, 2.24) is 9.97 Å². The molecule has 2 rings (SSSR count). The van der Waals surface area contributed by atoms with Crippen molar-refractivity contribution in [2.24, 2.45) is 0 Å². The first-order chi connectivity index (χ1) is 8.08. The quantitative estimate of drug-likeness (QED) is 0.868. The van der Waals surface area contributed by atoms with E-state index >= 15 is 0 Å². The standard InChI is InChI=1S/C12H14BrN3S/c1-7-10(4-5-11(13)16-7)15-9(3)12-8(2)14-6-17-12/h4-6,9,15H,1-3H3. The van der Waals surface area contributed by atoms with Gasteiger partial charge in [0.25, 0.3) is 0 Å². The molecule has 0 radical (unpaired) electrons. The molecule has 17 heavy (non-hydrogen) atoms. The Labute approximate surface area is 113 Å². The molecular formula is C12H14BrN3S. The fourth-order valence-electron chi connectivity index (χ4n) is 1.71. The van der Waals surface area contributed by atoms with Crippen molar-refractivity contribution in [2.75, 3.05) is 5.32 Å². The molecule has 2 heterocycles. The highest BCUT2D eigenvalue weighted by molar-refractivity contribution is 9.10. The number of aromatic nitrogens is 2. The predicted octanol–water partition coefficient (Wildman–Crippen LogP) is 4.09. The normalized spacial score (nSPS) is 12.5. The largest absolute Gasteiger partial charge is 0.376 e. The molecule has 2 aromatic rings. The van der Waals surface area contributed by atoms with E-state index in [0.717, 1.165) is 21.7 Å². The molecule has 0 saturated heterocycles. The second-order valence-corrected chi connectivity index (χ2v) is 5.63. The van der Waals surface area contributed by atoms with E-state index in [2.05, 4.69) is 38.1 Å². The van der Waals surface area contributed by atoms with Crippen molar-refractivity contribution in [3.63, 3.8) is 0 Å². The lowest BCUT2D eigenvalue weighted by Gasteiger charge is -2.15. The van der Waals surface area contributed by atoms with Crippen LogP contribution in [0.1, 0.15) is 29.2 Å². The molecule has 0 saturated carbocycles. The van der Waals surface area contributed by atoms with Gasteiger partial charge < -0.3 is 5.32 Å². The van der Waals surface area contributed by atoms with Gasteiger partial charge >= 0.3 is 0 Å². The summed E-state index contributed by atoms with van der Waals surface area (Å²) in [6.07, 6.45) is 0. The van der Waals surface area contributed by atoms with Gasteiger partial charge in [0.2, 0.25) is 0 Å². The van der Waals surface area contributed by atoms with Crippen LogP contribution in [0.3, 0.4) is 0 Å². The zero-order chi connectivity index (χ0) is 12.4. The fraction of sp³-hybridized carbons (Fsp3) is 0.333. The van der Waals surface area contributed by atoms with Crippen LogP contribution in [0, 0.1) is 13.8 Å². The average Bonchev–Trinajstić information content (AvgIpc) is 2.68. The van der Waals surface area contributed by atoms with E-state index in [1.54, 1.807) is 11.3 Å². The fourth-order valence-corrected chi connectivity index (χ4v) is 2.92. The number of hydrogen-bond donors (Lipinski definition) is 1. The summed E-state index contributed by atoms with van der Waals surface area (Å²) in [4.78, 5) is 9.91. The molecule has 0 aliphatic carbocycles. The van der Waals surface area contributed by atoms with Crippen LogP contribution in [0.15, 0.2) is 22.2 Å². The molecular weight excluding hydrogens is 298 g/mol. The Morgan fingerprint density at radius 2 is 2.06 bits per heavy atom. The summed E-state index contributed by atoms with van der Waals surface area (Å²) in [5.74, 6) is 0. The maximum atomic E-state index is 4.37. The Morgan fingerprint density at radius 1 is 1.29 bits per heavy atom. The second kappa shape index (κ2) is 5.14. The van der Waals surface area contributed by atoms with E-state index < -0.39 is 0 Å². The lowest BCUT2D eigenvalue weighted by atomic mass is 10.2. The van der Waals surface area contributed by atoms with E-state index in [4.69, 9.17) is 0 Å². The topological polar surface area (TPSA) is 37.8 Å². The molecule has 0 aliphatic rings. The van der Waals surface area contributed by atoms with Gasteiger partial charge in [-0.25, -0.2) is 9.97 Å². The van der Waals surface area contributed by atoms with Crippen LogP contribution >= 0.6 is 27.3 Å². The van der Waals surface area contributed by atoms with Crippen LogP contribution in [0.25, 0.3) is 0 Å². The van der Waals surface area contributed by atoms with Gasteiger partial charge in [0.1, 0.15) is 4.60 Å². The van der Waals surface area contributed by atoms with Gasteiger partial charge in [-0.2, -0.15) is 0 Å². The summed E-state index contributed by atoms with van der Waals surface area (Å²) >= 11 is 5.05. The van der Waals surface area contributed by atoms with E-state index in [9.17, 15) is 0 Å². The van der Waals surface area contributed by atoms with E-state index in [0.29, 0.717) is 0 Å². The summed E-state index contributed by atoms with van der Waals surface area (Å²) in [6.45, 7) is 6.18. The molecule has 90 valence electrons. The van der Waals surface area contributed by atoms with Crippen LogP contribution in [0.2, 0.25) is 0 Å². The van der Waals surface area contributed by atoms with Gasteiger partial charge in [0.05, 0.1) is 28.6 Å². The number of aryl methyl sites for hydroxylation is 2. The number of halogens is 1. The zero-order valence-corrected chi connectivity index (χ0v) is 12.4. The molecule has 0 aliphatic heterocycles. The molecule has 0 spiro atoms. The summed E-state index contributed by atoms with van der Waals surface area (Å²) in [5.41, 5.74) is 5.04. The molecule has 1 unspecified atom stereocenters. The number of hydrogen-bond acceptors (Lipinski definition) is 4. The maximum absolute atomic E-state index is 4.37. The maximum Gasteiger partial charge on any atom is 0.106 e. The lowest BCUT2D eigenvalue weighted by molar-refractivity contribution is 0.884. The molecule has 0 amide bonds. The monoisotopic (exact) mass is 311 g/mol. The van der Waals surface area contributed by atoms with Gasteiger partial charge in [-0.3, -0.25) is 0 Å². The molecule has 3 nitrogen and oxygen atoms in total. The summed E-state index contributed by atoms with van der Waals surface area (Å²) < 4.78 is 0.863. The minimum atomic E-state index is 0.254. The van der Waals surface area contributed by atoms with Crippen molar-refractivity contribution >= 4 is 33.0 Å². The minimum Gasteiger partial charge on any atom is -0.376 e. The zero-order valence-electron chi connectivity index (χ0n) is 9.99. The Balaban J connectivity index is 2.19. The minimum absolute atomic E-state index is 0.254. The van der Waals surface area contributed by atoms with Crippen molar-refractivity contribution in [1.29, 1.82) is 0 Å². The first kappa shape index (κ1) is 12.5. The molecule has 0 aromatic carbocycles. The first-order valence-electron chi connectivity index (χ1n) is 5.37. The van der Waals surface area contributed by atoms with Crippen molar-refractivity contribution in [3.8, 4) is 0 Å². The Bertz CT molecular complexity index is 524. The van der Waals surface area contributed by atoms with Crippen molar-refractivity contribution in [2.45, 2.75) is 26.8 Å². The third-order valence-corrected chi connectivity index (χ3v) is 4.16. The van der Waals surface area contributed by atoms with Crippen LogP contribution in [-0.4, -0.2) is 9.97 Å². The van der Waals surface area contributed by atoms with E-state index in [1.165, 1.54) is 4.88 Å². The molecule has 5 heteroatoms. The number of nitrogens with one attached hydrogen (secondary N) is 1. The highest BCUT2D eigenvalue weighted by Gasteiger charge is 2.12. The van der Waals surface area contributed by atoms with Crippen LogP contribution in [0.5, 0.6) is 0 Å². The van der Waals surface area contributed by atoms with Gasteiger partial charge in [-0.15, -0.1) is 11.3 Å². The lowest BCUT2D eigenvalue weighted by Crippen LogP contribution is -2.08. The number of pyridine rings is 1. The predicted molar refractivity (Wildman–Crippen MR) is 75.6 cm³/mol. The van der Waals surface area contributed by atoms with Crippen LogP contribution in [0.4, 0.5) is 5.69 Å². The SMILES string of the molecule is Cc1nc(Br)ccc1NC(C)c1scnc1C. The third-order valence-electron chi connectivity index (χ3n) is 2.60. The number of thiazole rings is 1. The average molecular weight is 312 g/mol. The second-order valence-electron chi connectivity index (χ2n) is 3.93. The Morgan fingerprint density at radius 3 is 2.65 bits per heavy atom. The molecule has 2 aromatic heterocycles. The smallest absolute Gasteiger partial charge is 0.106 e. The number of rotatable bonds is 3. The van der Waals surface area contributed by atoms with E-state index in [1.807, 2.05) is 31.5 Å². The Hall–Kier alpha value is -0.940. The number of anilines is 1. The summed E-state index contributed by atoms with van der Waals surface area (Å²) in [5, 5.41) is 3.47. The highest BCUT2D eigenvalue weighted by Crippen LogP contribution is 2.26. The third kappa shape index (κ3) is 2.84. The van der Waals surface area contributed by atoms with Crippen molar-refractivity contribution in [3.05, 3.63) is 38.5 Å². The van der Waals surface area contributed by atoms with Gasteiger partial charge in [0, 0.05) is 4.88 Å². The number of nitrogens with zero attached hydrogens (tertiary/aromatic N) is 2. The van der Waals surface area contributed by atoms with Crippen LogP contribution in [-0.2, 0) is 0 Å². The van der Waals surface area contributed by atoms with E-state index in [-0.39, 0.29) is 6.04 Å². The molecule has 0 bridgehead atoms.